The summed E-state index contributed by atoms with van der Waals surface area (Å²) in [5, 5.41) is 0. The molecule has 2 atom stereocenters. The van der Waals surface area contributed by atoms with Crippen molar-refractivity contribution in [3.05, 3.63) is 0 Å². The zero-order valence-electron chi connectivity index (χ0n) is 23.7. The number of nitrogens with zero attached hydrogens (tertiary/aromatic N) is 1. The molecule has 0 aliphatic carbocycles. The van der Waals surface area contributed by atoms with E-state index >= 15 is 0 Å². The number of ketones is 1. The lowest BCUT2D eigenvalue weighted by atomic mass is 9.96. The van der Waals surface area contributed by atoms with Gasteiger partial charge >= 0.3 is 7.82 Å². The zero-order valence-corrected chi connectivity index (χ0v) is 24.6. The van der Waals surface area contributed by atoms with E-state index in [2.05, 4.69) is 11.8 Å². The number of phosphoric ester groups is 1. The Bertz CT molecular complexity index is 568. The minimum Gasteiger partial charge on any atom is -0.302 e. The van der Waals surface area contributed by atoms with Gasteiger partial charge < -0.3 is 14.6 Å². The zero-order chi connectivity index (χ0) is 26.3. The Morgan fingerprint density at radius 1 is 0.806 bits per heavy atom. The van der Waals surface area contributed by atoms with Gasteiger partial charge in [0.05, 0.1) is 13.2 Å². The third kappa shape index (κ3) is 20.8. The fourth-order valence-electron chi connectivity index (χ4n) is 5.16. The predicted molar refractivity (Wildman–Crippen MR) is 150 cm³/mol. The molecule has 1 heterocycles. The van der Waals surface area contributed by atoms with Crippen LogP contribution in [0.25, 0.3) is 0 Å². The van der Waals surface area contributed by atoms with Crippen molar-refractivity contribution in [1.82, 2.24) is 4.90 Å². The second kappa shape index (κ2) is 22.7. The fourth-order valence-corrected chi connectivity index (χ4v) is 5.95. The number of carbonyl (C=O) groups excluding carboxylic acids is 1. The number of rotatable bonds is 26. The number of likely N-dealkylation sites (tertiary alicyclic amines) is 1. The molecule has 0 amide bonds. The third-order valence-corrected chi connectivity index (χ3v) is 8.36. The van der Waals surface area contributed by atoms with Crippen molar-refractivity contribution in [3.8, 4) is 0 Å². The van der Waals surface area contributed by atoms with Gasteiger partial charge in [0.1, 0.15) is 5.78 Å². The molecule has 0 aromatic rings. The third-order valence-electron chi connectivity index (χ3n) is 7.38. The summed E-state index contributed by atoms with van der Waals surface area (Å²) in [6, 6.07) is 0. The van der Waals surface area contributed by atoms with Crippen molar-refractivity contribution in [2.24, 2.45) is 5.92 Å². The molecule has 0 bridgehead atoms. The van der Waals surface area contributed by atoms with Crippen molar-refractivity contribution in [3.63, 3.8) is 0 Å². The minimum absolute atomic E-state index is 0.0169. The average Bonchev–Trinajstić information content (AvgIpc) is 3.35. The topological polar surface area (TPSA) is 76.1 Å². The number of hydrogen-bond donors (Lipinski definition) is 1. The molecule has 0 aromatic heterocycles. The quantitative estimate of drug-likeness (QED) is 0.0891. The molecule has 1 saturated heterocycles. The van der Waals surface area contributed by atoms with Gasteiger partial charge in [-0.1, -0.05) is 110 Å². The van der Waals surface area contributed by atoms with Gasteiger partial charge in [0.2, 0.25) is 0 Å². The highest BCUT2D eigenvalue weighted by Gasteiger charge is 2.24. The van der Waals surface area contributed by atoms with Crippen LogP contribution in [0, 0.1) is 5.92 Å². The molecule has 0 saturated carbocycles. The van der Waals surface area contributed by atoms with Gasteiger partial charge in [-0.15, -0.1) is 0 Å². The Kier molecular flexibility index (Phi) is 21.3. The summed E-state index contributed by atoms with van der Waals surface area (Å²) in [6.07, 6.45) is 24.9. The second-order valence-corrected chi connectivity index (χ2v) is 12.5. The molecule has 1 aliphatic heterocycles. The van der Waals surface area contributed by atoms with Crippen LogP contribution in [0.2, 0.25) is 0 Å². The molecule has 36 heavy (non-hydrogen) atoms. The van der Waals surface area contributed by atoms with Gasteiger partial charge in [-0.05, 0) is 45.2 Å². The Balaban J connectivity index is 2.00. The molecule has 214 valence electrons. The Hall–Kier alpha value is -0.260. The van der Waals surface area contributed by atoms with Crippen molar-refractivity contribution in [2.45, 2.75) is 142 Å². The lowest BCUT2D eigenvalue weighted by molar-refractivity contribution is -0.118. The summed E-state index contributed by atoms with van der Waals surface area (Å²) in [6.45, 7) is 6.87. The molecular formula is C29H58NO5P. The molecule has 1 N–H and O–H groups in total. The summed E-state index contributed by atoms with van der Waals surface area (Å²) >= 11 is 0. The van der Waals surface area contributed by atoms with E-state index in [1.54, 1.807) is 6.92 Å². The molecule has 0 spiro atoms. The maximum atomic E-state index is 12.2. The highest BCUT2D eigenvalue weighted by atomic mass is 31.2. The first-order valence-corrected chi connectivity index (χ1v) is 16.8. The molecule has 2 unspecified atom stereocenters. The standard InChI is InChI=1S/C29H58NO5P/c1-3-4-5-6-7-8-9-10-11-12-13-14-15-16-17-18-21-29(26-28(2)31)27-35-36(32,33)34-25-24-30-22-19-20-23-30/h29H,3-27H2,1-2H3,(H,32,33). The molecule has 1 aliphatic rings. The van der Waals surface area contributed by atoms with Crippen LogP contribution in [0.5, 0.6) is 0 Å². The van der Waals surface area contributed by atoms with E-state index in [0.717, 1.165) is 32.4 Å². The summed E-state index contributed by atoms with van der Waals surface area (Å²) in [4.78, 5) is 23.9. The molecule has 6 nitrogen and oxygen atoms in total. The van der Waals surface area contributed by atoms with E-state index in [1.807, 2.05) is 0 Å². The highest BCUT2D eigenvalue weighted by Crippen LogP contribution is 2.44. The number of phosphoric acid groups is 1. The number of hydrogen-bond acceptors (Lipinski definition) is 5. The van der Waals surface area contributed by atoms with Crippen LogP contribution in [-0.4, -0.2) is 48.4 Å². The Labute approximate surface area is 222 Å². The van der Waals surface area contributed by atoms with Crippen LogP contribution in [0.3, 0.4) is 0 Å². The largest absolute Gasteiger partial charge is 0.472 e. The number of unbranched alkanes of at least 4 members (excludes halogenated alkanes) is 15. The fraction of sp³-hybridized carbons (Fsp3) is 0.966. The highest BCUT2D eigenvalue weighted by molar-refractivity contribution is 7.47. The van der Waals surface area contributed by atoms with E-state index in [4.69, 9.17) is 9.05 Å². The average molecular weight is 532 g/mol. The van der Waals surface area contributed by atoms with Crippen LogP contribution in [0.15, 0.2) is 0 Å². The first kappa shape index (κ1) is 33.8. The number of Topliss-reactive ketones (excluding diaryl/α,β-unsaturated/α-hetero) is 1. The van der Waals surface area contributed by atoms with Crippen molar-refractivity contribution in [1.29, 1.82) is 0 Å². The summed E-state index contributed by atoms with van der Waals surface area (Å²) in [5.74, 6) is 0.0830. The monoisotopic (exact) mass is 531 g/mol. The maximum absolute atomic E-state index is 12.2. The van der Waals surface area contributed by atoms with Crippen LogP contribution < -0.4 is 0 Å². The SMILES string of the molecule is CCCCCCCCCCCCCCCCCCC(COP(=O)(O)OCCN1CCCC1)CC(C)=O. The van der Waals surface area contributed by atoms with Crippen LogP contribution in [0.4, 0.5) is 0 Å². The smallest absolute Gasteiger partial charge is 0.302 e. The molecule has 7 heteroatoms. The maximum Gasteiger partial charge on any atom is 0.472 e. The first-order chi connectivity index (χ1) is 17.4. The molecular weight excluding hydrogens is 473 g/mol. The van der Waals surface area contributed by atoms with E-state index in [9.17, 15) is 14.3 Å². The van der Waals surface area contributed by atoms with Gasteiger partial charge in [0.25, 0.3) is 0 Å². The van der Waals surface area contributed by atoms with Crippen LogP contribution >= 0.6 is 7.82 Å². The lowest BCUT2D eigenvalue weighted by Crippen LogP contribution is -2.23. The molecule has 0 radical (unpaired) electrons. The van der Waals surface area contributed by atoms with E-state index in [0.29, 0.717) is 13.0 Å². The van der Waals surface area contributed by atoms with Gasteiger partial charge in [-0.25, -0.2) is 4.57 Å². The van der Waals surface area contributed by atoms with Crippen LogP contribution in [0.1, 0.15) is 142 Å². The summed E-state index contributed by atoms with van der Waals surface area (Å²) in [7, 11) is -4.06. The van der Waals surface area contributed by atoms with Crippen molar-refractivity contribution < 1.29 is 23.3 Å². The molecule has 0 aromatic carbocycles. The molecule has 1 rings (SSSR count). The predicted octanol–water partition coefficient (Wildman–Crippen LogP) is 8.46. The number of carbonyl (C=O) groups is 1. The summed E-state index contributed by atoms with van der Waals surface area (Å²) in [5.41, 5.74) is 0. The second-order valence-electron chi connectivity index (χ2n) is 11.0. The first-order valence-electron chi connectivity index (χ1n) is 15.3. The van der Waals surface area contributed by atoms with E-state index < -0.39 is 7.82 Å². The van der Waals surface area contributed by atoms with E-state index in [-0.39, 0.29) is 24.9 Å². The normalized spacial score (nSPS) is 16.9. The molecule has 1 fully saturated rings. The Morgan fingerprint density at radius 2 is 1.28 bits per heavy atom. The Morgan fingerprint density at radius 3 is 1.75 bits per heavy atom. The minimum atomic E-state index is -4.06. The summed E-state index contributed by atoms with van der Waals surface area (Å²) < 4.78 is 22.6. The lowest BCUT2D eigenvalue weighted by Gasteiger charge is -2.19. The van der Waals surface area contributed by atoms with Crippen LogP contribution in [-0.2, 0) is 18.4 Å². The van der Waals surface area contributed by atoms with Crippen molar-refractivity contribution in [2.75, 3.05) is 32.8 Å². The van der Waals surface area contributed by atoms with Gasteiger partial charge in [-0.2, -0.15) is 0 Å². The van der Waals surface area contributed by atoms with Gasteiger partial charge in [0, 0.05) is 13.0 Å². The van der Waals surface area contributed by atoms with Crippen molar-refractivity contribution >= 4 is 13.6 Å². The van der Waals surface area contributed by atoms with E-state index in [1.165, 1.54) is 103 Å². The van der Waals surface area contributed by atoms with Gasteiger partial charge in [-0.3, -0.25) is 9.05 Å². The van der Waals surface area contributed by atoms with Gasteiger partial charge in [0.15, 0.2) is 0 Å².